The first kappa shape index (κ1) is 20.9. The van der Waals surface area contributed by atoms with E-state index in [1.54, 1.807) is 23.8 Å². The quantitative estimate of drug-likeness (QED) is 0.670. The molecule has 2 heterocycles. The number of ether oxygens (including phenoxy) is 1. The van der Waals surface area contributed by atoms with Gasteiger partial charge in [-0.2, -0.15) is 0 Å². The average Bonchev–Trinajstić information content (AvgIpc) is 3.44. The van der Waals surface area contributed by atoms with Gasteiger partial charge in [0.05, 0.1) is 18.8 Å². The molecule has 0 radical (unpaired) electrons. The van der Waals surface area contributed by atoms with Gasteiger partial charge in [-0.15, -0.1) is 0 Å². The molecule has 2 aliphatic heterocycles. The van der Waals surface area contributed by atoms with Crippen LogP contribution in [0.2, 0.25) is 0 Å². The molecule has 3 fully saturated rings. The summed E-state index contributed by atoms with van der Waals surface area (Å²) in [5.41, 5.74) is 0.0573. The van der Waals surface area contributed by atoms with Crippen molar-refractivity contribution < 1.29 is 29.3 Å². The number of piperidine rings is 1. The van der Waals surface area contributed by atoms with E-state index in [9.17, 15) is 24.6 Å². The Kier molecular flexibility index (Phi) is 6.14. The molecule has 9 heteroatoms. The molecular formula is C19H31N3O6. The second kappa shape index (κ2) is 8.24. The normalized spacial score (nSPS) is 27.8. The van der Waals surface area contributed by atoms with Crippen LogP contribution in [0.5, 0.6) is 0 Å². The van der Waals surface area contributed by atoms with Crippen LogP contribution in [0.1, 0.15) is 39.0 Å². The van der Waals surface area contributed by atoms with Gasteiger partial charge in [-0.25, -0.2) is 4.79 Å². The molecule has 2 unspecified atom stereocenters. The number of methoxy groups -OCH3 is 1. The number of β-amino-alcohol motifs (C(OH)–C–C–N with tert-alkyl or cyclic N) is 1. The van der Waals surface area contributed by atoms with Crippen molar-refractivity contribution in [1.82, 2.24) is 14.7 Å². The lowest BCUT2D eigenvalue weighted by atomic mass is 9.90. The van der Waals surface area contributed by atoms with Crippen LogP contribution in [0.25, 0.3) is 0 Å². The van der Waals surface area contributed by atoms with Gasteiger partial charge in [0, 0.05) is 39.7 Å². The summed E-state index contributed by atoms with van der Waals surface area (Å²) < 4.78 is 5.26. The van der Waals surface area contributed by atoms with E-state index in [2.05, 4.69) is 0 Å². The Bertz CT molecular complexity index is 623. The number of amides is 3. The third kappa shape index (κ3) is 4.10. The highest BCUT2D eigenvalue weighted by atomic mass is 16.5. The molecule has 28 heavy (non-hydrogen) atoms. The van der Waals surface area contributed by atoms with Crippen molar-refractivity contribution in [3.05, 3.63) is 0 Å². The molecule has 1 aliphatic carbocycles. The second-order valence-electron chi connectivity index (χ2n) is 8.30. The first-order valence-electron chi connectivity index (χ1n) is 10.0. The first-order valence-corrected chi connectivity index (χ1v) is 10.0. The maximum atomic E-state index is 12.7. The van der Waals surface area contributed by atoms with Crippen molar-refractivity contribution in [2.45, 2.75) is 57.2 Å². The highest BCUT2D eigenvalue weighted by Gasteiger charge is 2.51. The molecule has 0 aromatic heterocycles. The van der Waals surface area contributed by atoms with E-state index in [1.165, 1.54) is 0 Å². The molecule has 2 saturated heterocycles. The summed E-state index contributed by atoms with van der Waals surface area (Å²) in [5.74, 6) is -0.271. The molecule has 3 amide bonds. The van der Waals surface area contributed by atoms with Crippen molar-refractivity contribution in [2.75, 3.05) is 39.9 Å². The molecule has 0 bridgehead atoms. The minimum Gasteiger partial charge on any atom is -0.465 e. The number of carboxylic acid groups (broad SMARTS) is 1. The highest BCUT2D eigenvalue weighted by Crippen LogP contribution is 2.53. The molecule has 1 saturated carbocycles. The molecule has 2 N–H and O–H groups in total. The van der Waals surface area contributed by atoms with Crippen LogP contribution in [0, 0.1) is 5.41 Å². The Morgan fingerprint density at radius 3 is 2.54 bits per heavy atom. The molecule has 3 atom stereocenters. The summed E-state index contributed by atoms with van der Waals surface area (Å²) >= 11 is 0. The number of carbonyl (C=O) groups excluding carboxylic acids is 2. The lowest BCUT2D eigenvalue weighted by molar-refractivity contribution is -0.145. The van der Waals surface area contributed by atoms with E-state index < -0.39 is 18.2 Å². The van der Waals surface area contributed by atoms with Crippen molar-refractivity contribution >= 4 is 17.9 Å². The highest BCUT2D eigenvalue weighted by molar-refractivity contribution is 5.86. The Morgan fingerprint density at radius 1 is 1.25 bits per heavy atom. The zero-order valence-corrected chi connectivity index (χ0v) is 16.7. The molecule has 0 aromatic carbocycles. The summed E-state index contributed by atoms with van der Waals surface area (Å²) in [7, 11) is 1.55. The van der Waals surface area contributed by atoms with Gasteiger partial charge in [-0.1, -0.05) is 0 Å². The van der Waals surface area contributed by atoms with Crippen LogP contribution in [-0.4, -0.2) is 101 Å². The predicted molar refractivity (Wildman–Crippen MR) is 99.7 cm³/mol. The lowest BCUT2D eigenvalue weighted by Gasteiger charge is -2.41. The Morgan fingerprint density at radius 2 is 1.96 bits per heavy atom. The number of piperazine rings is 1. The van der Waals surface area contributed by atoms with Gasteiger partial charge in [0.2, 0.25) is 11.8 Å². The Labute approximate surface area is 165 Å². The maximum absolute atomic E-state index is 12.7. The number of likely N-dealkylation sites (tertiary alicyclic amines) is 1. The van der Waals surface area contributed by atoms with E-state index in [0.29, 0.717) is 32.7 Å². The van der Waals surface area contributed by atoms with Gasteiger partial charge in [0.15, 0.2) is 0 Å². The number of nitrogens with zero attached hydrogens (tertiary/aromatic N) is 3. The summed E-state index contributed by atoms with van der Waals surface area (Å²) in [6.45, 7) is 3.49. The van der Waals surface area contributed by atoms with E-state index in [0.717, 1.165) is 24.2 Å². The molecule has 3 aliphatic rings. The lowest BCUT2D eigenvalue weighted by Crippen LogP contribution is -2.60. The van der Waals surface area contributed by atoms with E-state index in [1.807, 2.05) is 0 Å². The number of aliphatic hydroxyl groups excluding tert-OH is 1. The van der Waals surface area contributed by atoms with E-state index >= 15 is 0 Å². The van der Waals surface area contributed by atoms with Crippen LogP contribution in [0.15, 0.2) is 0 Å². The van der Waals surface area contributed by atoms with Crippen LogP contribution < -0.4 is 0 Å². The topological polar surface area (TPSA) is 111 Å². The van der Waals surface area contributed by atoms with Crippen molar-refractivity contribution in [1.29, 1.82) is 0 Å². The van der Waals surface area contributed by atoms with Gasteiger partial charge < -0.3 is 24.7 Å². The van der Waals surface area contributed by atoms with Gasteiger partial charge in [-0.05, 0) is 38.0 Å². The fourth-order valence-electron chi connectivity index (χ4n) is 4.47. The summed E-state index contributed by atoms with van der Waals surface area (Å²) in [4.78, 5) is 41.0. The predicted octanol–water partition coefficient (Wildman–Crippen LogP) is 0.366. The number of rotatable bonds is 6. The minimum atomic E-state index is -1.10. The van der Waals surface area contributed by atoms with Gasteiger partial charge in [0.1, 0.15) is 6.04 Å². The fourth-order valence-corrected chi connectivity index (χ4v) is 4.47. The zero-order chi connectivity index (χ0) is 20.5. The molecule has 3 rings (SSSR count). The fraction of sp³-hybridized carbons (Fsp3) is 0.842. The monoisotopic (exact) mass is 397 g/mol. The number of hydrogen-bond donors (Lipinski definition) is 2. The summed E-state index contributed by atoms with van der Waals surface area (Å²) in [6.07, 6.45) is 2.14. The maximum Gasteiger partial charge on any atom is 0.408 e. The molecular weight excluding hydrogens is 366 g/mol. The largest absolute Gasteiger partial charge is 0.465 e. The van der Waals surface area contributed by atoms with E-state index in [4.69, 9.17) is 4.74 Å². The zero-order valence-electron chi connectivity index (χ0n) is 16.7. The average molecular weight is 397 g/mol. The third-order valence-corrected chi connectivity index (χ3v) is 6.65. The number of hydrogen-bond acceptors (Lipinski definition) is 5. The minimum absolute atomic E-state index is 0.0136. The summed E-state index contributed by atoms with van der Waals surface area (Å²) in [6, 6.07) is -1.02. The van der Waals surface area contributed by atoms with Gasteiger partial charge in [0.25, 0.3) is 0 Å². The Hall–Kier alpha value is -1.87. The van der Waals surface area contributed by atoms with Crippen molar-refractivity contribution in [3.8, 4) is 0 Å². The number of carbonyl (C=O) groups is 3. The summed E-state index contributed by atoms with van der Waals surface area (Å²) in [5, 5.41) is 19.5. The van der Waals surface area contributed by atoms with Crippen LogP contribution in [-0.2, 0) is 14.3 Å². The first-order chi connectivity index (χ1) is 13.3. The van der Waals surface area contributed by atoms with Crippen LogP contribution in [0.4, 0.5) is 4.79 Å². The smallest absolute Gasteiger partial charge is 0.408 e. The van der Waals surface area contributed by atoms with Gasteiger partial charge in [-0.3, -0.25) is 14.5 Å². The molecule has 9 nitrogen and oxygen atoms in total. The van der Waals surface area contributed by atoms with Crippen molar-refractivity contribution in [2.24, 2.45) is 5.41 Å². The SMILES string of the molecule is COC[C@H](CCC(=O)N1CCC2(CC2)C(O)C1)N1CCN(C(=O)O)C(C)C1=O. The Balaban J connectivity index is 1.55. The van der Waals surface area contributed by atoms with Crippen LogP contribution >= 0.6 is 0 Å². The molecule has 0 aromatic rings. The third-order valence-electron chi connectivity index (χ3n) is 6.65. The number of aliphatic hydroxyl groups is 1. The molecule has 158 valence electrons. The van der Waals surface area contributed by atoms with Crippen molar-refractivity contribution in [3.63, 3.8) is 0 Å². The second-order valence-corrected chi connectivity index (χ2v) is 8.30. The standard InChI is InChI=1S/C19H31N3O6/c1-13-17(25)22(10-9-21(13)18(26)27)14(12-28-2)3-4-16(24)20-8-7-19(5-6-19)15(23)11-20/h13-15,23H,3-12H2,1-2H3,(H,26,27)/t13?,14-,15?/m0/s1. The van der Waals surface area contributed by atoms with Gasteiger partial charge >= 0.3 is 6.09 Å². The van der Waals surface area contributed by atoms with Crippen LogP contribution in [0.3, 0.4) is 0 Å². The van der Waals surface area contributed by atoms with E-state index in [-0.39, 0.29) is 36.2 Å². The molecule has 1 spiro atoms.